The maximum Gasteiger partial charge on any atom is 0.289 e. The van der Waals surface area contributed by atoms with Gasteiger partial charge in [0.05, 0.1) is 19.1 Å². The van der Waals surface area contributed by atoms with Crippen LogP contribution in [0.4, 0.5) is 11.4 Å². The number of anilines is 1. The second-order valence-corrected chi connectivity index (χ2v) is 8.96. The molecule has 0 aliphatic carbocycles. The van der Waals surface area contributed by atoms with Crippen LogP contribution in [0.2, 0.25) is 0 Å². The summed E-state index contributed by atoms with van der Waals surface area (Å²) in [6.07, 6.45) is 0.693. The van der Waals surface area contributed by atoms with Gasteiger partial charge in [0.2, 0.25) is 0 Å². The van der Waals surface area contributed by atoms with Crippen LogP contribution in [0.15, 0.2) is 77.2 Å². The molecular formula is C29H25N3O7. The molecule has 4 aromatic rings. The van der Waals surface area contributed by atoms with E-state index in [1.54, 1.807) is 55.5 Å². The third-order valence-electron chi connectivity index (χ3n) is 6.57. The number of nitrogens with one attached hydrogen (secondary N) is 1. The Bertz CT molecular complexity index is 1560. The second kappa shape index (κ2) is 10.7. The van der Waals surface area contributed by atoms with Crippen LogP contribution in [0.3, 0.4) is 0 Å². The zero-order chi connectivity index (χ0) is 27.5. The van der Waals surface area contributed by atoms with Gasteiger partial charge in [-0.15, -0.1) is 0 Å². The van der Waals surface area contributed by atoms with E-state index in [9.17, 15) is 19.7 Å². The van der Waals surface area contributed by atoms with Crippen molar-refractivity contribution in [1.29, 1.82) is 0 Å². The van der Waals surface area contributed by atoms with Gasteiger partial charge in [0.25, 0.3) is 17.5 Å². The van der Waals surface area contributed by atoms with Crippen LogP contribution in [0.25, 0.3) is 11.3 Å². The van der Waals surface area contributed by atoms with Crippen molar-refractivity contribution in [3.05, 3.63) is 105 Å². The Morgan fingerprint density at radius 2 is 1.67 bits per heavy atom. The summed E-state index contributed by atoms with van der Waals surface area (Å²) in [6, 6.07) is 19.7. The van der Waals surface area contributed by atoms with Crippen molar-refractivity contribution in [1.82, 2.24) is 4.90 Å². The summed E-state index contributed by atoms with van der Waals surface area (Å²) >= 11 is 0. The molecule has 10 nitrogen and oxygen atoms in total. The lowest BCUT2D eigenvalue weighted by molar-refractivity contribution is -0.384. The van der Waals surface area contributed by atoms with Crippen molar-refractivity contribution in [3.8, 4) is 22.8 Å². The number of furan rings is 1. The molecule has 0 unspecified atom stereocenters. The van der Waals surface area contributed by atoms with E-state index in [4.69, 9.17) is 13.9 Å². The minimum absolute atomic E-state index is 0.158. The first-order chi connectivity index (χ1) is 18.9. The molecule has 1 aromatic heterocycles. The van der Waals surface area contributed by atoms with Gasteiger partial charge in [0.1, 0.15) is 5.76 Å². The number of nitro benzene ring substituents is 1. The number of methoxy groups -OCH3 is 2. The van der Waals surface area contributed by atoms with Gasteiger partial charge in [-0.25, -0.2) is 0 Å². The standard InChI is InChI=1S/C29H25N3O7/c1-37-26-15-19-12-13-31(17-21(19)16-27(26)38-2)29(34)25-11-10-24(39-25)18-6-8-22(9-7-18)30-28(33)20-4-3-5-23(14-20)32(35)36/h3-11,14-16H,12-13,17H2,1-2H3,(H,30,33). The quantitative estimate of drug-likeness (QED) is 0.255. The number of benzene rings is 3. The molecule has 5 rings (SSSR count). The summed E-state index contributed by atoms with van der Waals surface area (Å²) in [5.41, 5.74) is 3.38. The van der Waals surface area contributed by atoms with Crippen molar-refractivity contribution in [3.63, 3.8) is 0 Å². The van der Waals surface area contributed by atoms with E-state index in [0.29, 0.717) is 42.5 Å². The molecule has 0 saturated carbocycles. The number of hydrogen-bond donors (Lipinski definition) is 1. The number of nitrogens with zero attached hydrogens (tertiary/aromatic N) is 2. The van der Waals surface area contributed by atoms with Crippen molar-refractivity contribution < 1.29 is 28.4 Å². The lowest BCUT2D eigenvalue weighted by Gasteiger charge is -2.29. The fraction of sp³-hybridized carbons (Fsp3) is 0.172. The van der Waals surface area contributed by atoms with Crippen molar-refractivity contribution in [2.45, 2.75) is 13.0 Å². The minimum Gasteiger partial charge on any atom is -0.493 e. The van der Waals surface area contributed by atoms with Crippen molar-refractivity contribution in [2.75, 3.05) is 26.1 Å². The smallest absolute Gasteiger partial charge is 0.289 e. The maximum absolute atomic E-state index is 13.2. The van der Waals surface area contributed by atoms with Gasteiger partial charge in [-0.2, -0.15) is 0 Å². The molecule has 10 heteroatoms. The molecular weight excluding hydrogens is 502 g/mol. The van der Waals surface area contributed by atoms with Crippen LogP contribution in [-0.2, 0) is 13.0 Å². The van der Waals surface area contributed by atoms with Gasteiger partial charge in [0, 0.05) is 42.0 Å². The number of non-ortho nitro benzene ring substituents is 1. The van der Waals surface area contributed by atoms with Crippen LogP contribution in [-0.4, -0.2) is 42.4 Å². The Morgan fingerprint density at radius 3 is 2.36 bits per heavy atom. The summed E-state index contributed by atoms with van der Waals surface area (Å²) in [5, 5.41) is 13.7. The fourth-order valence-electron chi connectivity index (χ4n) is 4.50. The van der Waals surface area contributed by atoms with Crippen molar-refractivity contribution >= 4 is 23.2 Å². The highest BCUT2D eigenvalue weighted by molar-refractivity contribution is 6.04. The average Bonchev–Trinajstić information content (AvgIpc) is 3.46. The van der Waals surface area contributed by atoms with E-state index < -0.39 is 10.8 Å². The highest BCUT2D eigenvalue weighted by Gasteiger charge is 2.26. The van der Waals surface area contributed by atoms with E-state index in [0.717, 1.165) is 16.7 Å². The Hall–Kier alpha value is -5.12. The van der Waals surface area contributed by atoms with Crippen molar-refractivity contribution in [2.24, 2.45) is 0 Å². The van der Waals surface area contributed by atoms with Gasteiger partial charge in [-0.1, -0.05) is 6.07 Å². The van der Waals surface area contributed by atoms with E-state index in [2.05, 4.69) is 5.32 Å². The minimum atomic E-state index is -0.549. The summed E-state index contributed by atoms with van der Waals surface area (Å²) in [7, 11) is 3.18. The zero-order valence-electron chi connectivity index (χ0n) is 21.3. The number of hydrogen-bond acceptors (Lipinski definition) is 7. The molecule has 0 saturated heterocycles. The third-order valence-corrected chi connectivity index (χ3v) is 6.57. The Morgan fingerprint density at radius 1 is 0.949 bits per heavy atom. The zero-order valence-corrected chi connectivity index (χ0v) is 21.3. The number of fused-ring (bicyclic) bond motifs is 1. The highest BCUT2D eigenvalue weighted by Crippen LogP contribution is 2.34. The monoisotopic (exact) mass is 527 g/mol. The van der Waals surface area contributed by atoms with Gasteiger partial charge in [-0.3, -0.25) is 19.7 Å². The van der Waals surface area contributed by atoms with Crippen LogP contribution in [0, 0.1) is 10.1 Å². The molecule has 2 amide bonds. The summed E-state index contributed by atoms with van der Waals surface area (Å²) in [4.78, 5) is 37.9. The van der Waals surface area contributed by atoms with E-state index in [1.165, 1.54) is 24.3 Å². The van der Waals surface area contributed by atoms with Gasteiger partial charge in [0.15, 0.2) is 17.3 Å². The second-order valence-electron chi connectivity index (χ2n) is 8.96. The average molecular weight is 528 g/mol. The molecule has 198 valence electrons. The molecule has 0 radical (unpaired) electrons. The molecule has 0 fully saturated rings. The lowest BCUT2D eigenvalue weighted by atomic mass is 9.98. The molecule has 0 bridgehead atoms. The molecule has 1 aliphatic rings. The number of ether oxygens (including phenoxy) is 2. The van der Waals surface area contributed by atoms with Crippen LogP contribution in [0.1, 0.15) is 32.0 Å². The summed E-state index contributed by atoms with van der Waals surface area (Å²) in [5.74, 6) is 1.37. The Balaban J connectivity index is 1.25. The van der Waals surface area contributed by atoms with Gasteiger partial charge in [-0.05, 0) is 72.1 Å². The van der Waals surface area contributed by atoms with Gasteiger partial charge >= 0.3 is 0 Å². The van der Waals surface area contributed by atoms with E-state index in [1.807, 2.05) is 12.1 Å². The lowest BCUT2D eigenvalue weighted by Crippen LogP contribution is -2.35. The fourth-order valence-corrected chi connectivity index (χ4v) is 4.50. The highest BCUT2D eigenvalue weighted by atomic mass is 16.6. The topological polar surface area (TPSA) is 124 Å². The molecule has 2 heterocycles. The summed E-state index contributed by atoms with van der Waals surface area (Å²) < 4.78 is 16.7. The van der Waals surface area contributed by atoms with E-state index >= 15 is 0 Å². The predicted molar refractivity (Wildman–Crippen MR) is 143 cm³/mol. The number of carbonyl (C=O) groups is 2. The number of rotatable bonds is 7. The van der Waals surface area contributed by atoms with E-state index in [-0.39, 0.29) is 22.9 Å². The van der Waals surface area contributed by atoms with Crippen LogP contribution >= 0.6 is 0 Å². The first-order valence-electron chi connectivity index (χ1n) is 12.2. The van der Waals surface area contributed by atoms with Crippen LogP contribution < -0.4 is 14.8 Å². The molecule has 0 spiro atoms. The summed E-state index contributed by atoms with van der Waals surface area (Å²) in [6.45, 7) is 0.986. The number of carbonyl (C=O) groups excluding carboxylic acids is 2. The first kappa shape index (κ1) is 25.5. The predicted octanol–water partition coefficient (Wildman–Crippen LogP) is 5.32. The molecule has 0 atom stereocenters. The Labute approximate surface area is 223 Å². The molecule has 39 heavy (non-hydrogen) atoms. The molecule has 1 aliphatic heterocycles. The number of amides is 2. The first-order valence-corrected chi connectivity index (χ1v) is 12.2. The third kappa shape index (κ3) is 5.30. The largest absolute Gasteiger partial charge is 0.493 e. The normalized spacial score (nSPS) is 12.4. The van der Waals surface area contributed by atoms with Gasteiger partial charge < -0.3 is 24.1 Å². The van der Waals surface area contributed by atoms with Crippen LogP contribution in [0.5, 0.6) is 11.5 Å². The maximum atomic E-state index is 13.2. The number of nitro groups is 1. The molecule has 1 N–H and O–H groups in total. The molecule has 3 aromatic carbocycles. The SMILES string of the molecule is COc1cc2c(cc1OC)CN(C(=O)c1ccc(-c3ccc(NC(=O)c4cccc([N+](=O)[O-])c4)cc3)o1)CC2. The Kier molecular flexibility index (Phi) is 7.00.